The number of hydrogen-bond acceptors (Lipinski definition) is 4. The van der Waals surface area contributed by atoms with E-state index in [4.69, 9.17) is 23.2 Å². The first-order chi connectivity index (χ1) is 12.5. The van der Waals surface area contributed by atoms with E-state index in [9.17, 15) is 4.79 Å². The summed E-state index contributed by atoms with van der Waals surface area (Å²) < 4.78 is 0. The predicted octanol–water partition coefficient (Wildman–Crippen LogP) is 5.03. The van der Waals surface area contributed by atoms with Crippen molar-refractivity contribution in [2.24, 2.45) is 5.10 Å². The smallest absolute Gasteiger partial charge is 0.271 e. The number of anilines is 2. The summed E-state index contributed by atoms with van der Waals surface area (Å²) in [6.07, 6.45) is 3.79. The van der Waals surface area contributed by atoms with Gasteiger partial charge in [-0.3, -0.25) is 4.79 Å². The minimum Gasteiger partial charge on any atom is -0.364 e. The molecule has 1 amide bonds. The van der Waals surface area contributed by atoms with Crippen LogP contribution >= 0.6 is 23.2 Å². The Hall–Kier alpha value is -2.24. The van der Waals surface area contributed by atoms with Crippen LogP contribution in [0.1, 0.15) is 41.3 Å². The van der Waals surface area contributed by atoms with Crippen LogP contribution in [0, 0.1) is 6.92 Å². The maximum absolute atomic E-state index is 12.4. The van der Waals surface area contributed by atoms with E-state index in [-0.39, 0.29) is 12.1 Å². The SMILES string of the molecule is CCCC1Nc2cc(C(=O)N/N=C/c3ccc(Cl)cc3Cl)cc(C)c2N1. The number of fused-ring (bicyclic) bond motifs is 1. The Morgan fingerprint density at radius 2 is 2.08 bits per heavy atom. The summed E-state index contributed by atoms with van der Waals surface area (Å²) in [6, 6.07) is 8.77. The molecule has 136 valence electrons. The molecule has 0 aromatic heterocycles. The molecule has 1 heterocycles. The fourth-order valence-corrected chi connectivity index (χ4v) is 3.34. The minimum absolute atomic E-state index is 0.206. The Labute approximate surface area is 162 Å². The molecule has 0 aliphatic carbocycles. The van der Waals surface area contributed by atoms with Gasteiger partial charge in [0.1, 0.15) is 0 Å². The first-order valence-corrected chi connectivity index (χ1v) is 9.19. The van der Waals surface area contributed by atoms with Gasteiger partial charge in [-0.05, 0) is 43.2 Å². The predicted molar refractivity (Wildman–Crippen MR) is 109 cm³/mol. The lowest BCUT2D eigenvalue weighted by atomic mass is 10.1. The topological polar surface area (TPSA) is 65.5 Å². The summed E-state index contributed by atoms with van der Waals surface area (Å²) in [7, 11) is 0. The molecule has 0 saturated heterocycles. The van der Waals surface area contributed by atoms with Gasteiger partial charge in [0.2, 0.25) is 0 Å². The average Bonchev–Trinajstić information content (AvgIpc) is 3.00. The van der Waals surface area contributed by atoms with Gasteiger partial charge in [0.05, 0.1) is 28.8 Å². The van der Waals surface area contributed by atoms with Crippen molar-refractivity contribution < 1.29 is 4.79 Å². The second-order valence-electron chi connectivity index (χ2n) is 6.21. The molecule has 3 rings (SSSR count). The van der Waals surface area contributed by atoms with Gasteiger partial charge in [-0.15, -0.1) is 0 Å². The van der Waals surface area contributed by atoms with Gasteiger partial charge in [0.15, 0.2) is 0 Å². The molecule has 2 aromatic carbocycles. The van der Waals surface area contributed by atoms with E-state index >= 15 is 0 Å². The highest BCUT2D eigenvalue weighted by atomic mass is 35.5. The zero-order chi connectivity index (χ0) is 18.7. The van der Waals surface area contributed by atoms with E-state index < -0.39 is 0 Å². The molecule has 0 spiro atoms. The number of halogens is 2. The van der Waals surface area contributed by atoms with Gasteiger partial charge in [-0.1, -0.05) is 42.6 Å². The lowest BCUT2D eigenvalue weighted by molar-refractivity contribution is 0.0955. The first kappa shape index (κ1) is 18.5. The fraction of sp³-hybridized carbons (Fsp3) is 0.263. The van der Waals surface area contributed by atoms with Crippen LogP contribution in [0.15, 0.2) is 35.4 Å². The van der Waals surface area contributed by atoms with E-state index in [1.807, 2.05) is 19.1 Å². The first-order valence-electron chi connectivity index (χ1n) is 8.44. The van der Waals surface area contributed by atoms with Crippen LogP contribution in [0.5, 0.6) is 0 Å². The number of carbonyl (C=O) groups is 1. The molecule has 0 fully saturated rings. The number of hydrogen-bond donors (Lipinski definition) is 3. The highest BCUT2D eigenvalue weighted by Gasteiger charge is 2.22. The quantitative estimate of drug-likeness (QED) is 0.495. The number of amides is 1. The Bertz CT molecular complexity index is 867. The molecule has 0 saturated carbocycles. The zero-order valence-electron chi connectivity index (χ0n) is 14.6. The highest BCUT2D eigenvalue weighted by molar-refractivity contribution is 6.36. The van der Waals surface area contributed by atoms with Crippen molar-refractivity contribution in [3.8, 4) is 0 Å². The zero-order valence-corrected chi connectivity index (χ0v) is 16.1. The third kappa shape index (κ3) is 4.11. The second-order valence-corrected chi connectivity index (χ2v) is 7.05. The van der Waals surface area contributed by atoms with Crippen molar-refractivity contribution in [2.45, 2.75) is 32.9 Å². The Morgan fingerprint density at radius 1 is 1.27 bits per heavy atom. The molecule has 2 aromatic rings. The molecule has 0 radical (unpaired) electrons. The number of nitrogens with zero attached hydrogens (tertiary/aromatic N) is 1. The third-order valence-corrected chi connectivity index (χ3v) is 4.72. The number of carbonyl (C=O) groups excluding carboxylic acids is 1. The Kier molecular flexibility index (Phi) is 5.69. The van der Waals surface area contributed by atoms with Crippen molar-refractivity contribution >= 4 is 46.7 Å². The number of hydrazone groups is 1. The van der Waals surface area contributed by atoms with Crippen molar-refractivity contribution in [3.05, 3.63) is 57.1 Å². The molecule has 1 aliphatic heterocycles. The summed E-state index contributed by atoms with van der Waals surface area (Å²) in [5, 5.41) is 11.9. The summed E-state index contributed by atoms with van der Waals surface area (Å²) >= 11 is 11.9. The lowest BCUT2D eigenvalue weighted by Crippen LogP contribution is -2.21. The van der Waals surface area contributed by atoms with Crippen LogP contribution in [0.25, 0.3) is 0 Å². The summed E-state index contributed by atoms with van der Waals surface area (Å²) in [5.74, 6) is -0.280. The van der Waals surface area contributed by atoms with E-state index in [2.05, 4.69) is 28.1 Å². The fourth-order valence-electron chi connectivity index (χ4n) is 2.89. The van der Waals surface area contributed by atoms with Crippen LogP contribution in [0.3, 0.4) is 0 Å². The van der Waals surface area contributed by atoms with Crippen molar-refractivity contribution in [1.29, 1.82) is 0 Å². The molecular formula is C19H20Cl2N4O. The van der Waals surface area contributed by atoms with Gasteiger partial charge in [0.25, 0.3) is 5.91 Å². The number of aryl methyl sites for hydroxylation is 1. The van der Waals surface area contributed by atoms with Gasteiger partial charge < -0.3 is 10.6 Å². The number of nitrogens with one attached hydrogen (secondary N) is 3. The molecule has 3 N–H and O–H groups in total. The summed E-state index contributed by atoms with van der Waals surface area (Å²) in [4.78, 5) is 12.4. The summed E-state index contributed by atoms with van der Waals surface area (Å²) in [5.41, 5.74) is 6.77. The number of rotatable bonds is 5. The van der Waals surface area contributed by atoms with Crippen LogP contribution in [0.4, 0.5) is 11.4 Å². The Morgan fingerprint density at radius 3 is 2.81 bits per heavy atom. The molecule has 7 heteroatoms. The maximum Gasteiger partial charge on any atom is 0.271 e. The van der Waals surface area contributed by atoms with Crippen LogP contribution in [0.2, 0.25) is 10.0 Å². The van der Waals surface area contributed by atoms with Crippen molar-refractivity contribution in [3.63, 3.8) is 0 Å². The molecule has 1 atom stereocenters. The van der Waals surface area contributed by atoms with E-state index in [1.54, 1.807) is 18.2 Å². The molecule has 1 unspecified atom stereocenters. The third-order valence-electron chi connectivity index (χ3n) is 4.16. The number of benzene rings is 2. The monoisotopic (exact) mass is 390 g/mol. The standard InChI is InChI=1S/C19H20Cl2N4O/c1-3-4-17-23-16-8-13(7-11(2)18(16)24-17)19(26)25-22-10-12-5-6-14(20)9-15(12)21/h5-10,17,23-24H,3-4H2,1-2H3,(H,25,26)/b22-10+. The van der Waals surface area contributed by atoms with Crippen LogP contribution in [-0.4, -0.2) is 18.3 Å². The second kappa shape index (κ2) is 7.98. The maximum atomic E-state index is 12.4. The minimum atomic E-state index is -0.280. The van der Waals surface area contributed by atoms with Gasteiger partial charge in [-0.2, -0.15) is 5.10 Å². The molecule has 1 aliphatic rings. The van der Waals surface area contributed by atoms with Crippen LogP contribution in [-0.2, 0) is 0 Å². The van der Waals surface area contributed by atoms with E-state index in [0.717, 1.165) is 29.8 Å². The van der Waals surface area contributed by atoms with E-state index in [0.29, 0.717) is 21.2 Å². The van der Waals surface area contributed by atoms with Crippen LogP contribution < -0.4 is 16.1 Å². The van der Waals surface area contributed by atoms with E-state index in [1.165, 1.54) is 6.21 Å². The molecule has 0 bridgehead atoms. The van der Waals surface area contributed by atoms with Crippen molar-refractivity contribution in [1.82, 2.24) is 5.43 Å². The molecule has 26 heavy (non-hydrogen) atoms. The molecule has 5 nitrogen and oxygen atoms in total. The molecular weight excluding hydrogens is 371 g/mol. The average molecular weight is 391 g/mol. The van der Waals surface area contributed by atoms with Gasteiger partial charge in [0, 0.05) is 16.1 Å². The lowest BCUT2D eigenvalue weighted by Gasteiger charge is -2.10. The van der Waals surface area contributed by atoms with Gasteiger partial charge in [-0.25, -0.2) is 5.43 Å². The summed E-state index contributed by atoms with van der Waals surface area (Å²) in [6.45, 7) is 4.12. The highest BCUT2D eigenvalue weighted by Crippen LogP contribution is 2.34. The largest absolute Gasteiger partial charge is 0.364 e. The van der Waals surface area contributed by atoms with Crippen molar-refractivity contribution in [2.75, 3.05) is 10.6 Å². The normalized spacial score (nSPS) is 15.5. The Balaban J connectivity index is 1.70. The van der Waals surface area contributed by atoms with Gasteiger partial charge >= 0.3 is 0 Å².